The van der Waals surface area contributed by atoms with Crippen LogP contribution in [-0.4, -0.2) is 34.6 Å². The summed E-state index contributed by atoms with van der Waals surface area (Å²) in [5.41, 5.74) is -0.645. The highest BCUT2D eigenvalue weighted by atomic mass is 32.2. The van der Waals surface area contributed by atoms with E-state index < -0.39 is 63.7 Å². The molecule has 2 unspecified atom stereocenters. The maximum absolute atomic E-state index is 14.1. The number of aromatic nitrogens is 1. The smallest absolute Gasteiger partial charge is 0.418 e. The predicted octanol–water partition coefficient (Wildman–Crippen LogP) is 6.42. The van der Waals surface area contributed by atoms with Gasteiger partial charge in [0, 0.05) is 27.4 Å². The Morgan fingerprint density at radius 2 is 1.61 bits per heavy atom. The number of alkyl halides is 3. The van der Waals surface area contributed by atoms with Gasteiger partial charge in [-0.15, -0.1) is 0 Å². The Hall–Kier alpha value is -4.88. The summed E-state index contributed by atoms with van der Waals surface area (Å²) in [6, 6.07) is 24.1. The zero-order valence-electron chi connectivity index (χ0n) is 23.5. The molecular weight excluding hydrogens is 640 g/mol. The standard InChI is InChI=1S/C33H22F3N3O5S2/c34-33(35,36)20-12-4-5-14-22(20)39-30(41)26-25(27-29(38-32(43)46-27)45-28(26)31(39)42)19-11-3-6-15-23(19)44-16-24(40)37-21-13-7-9-17-8-1-2-10-18(17)21/h1-15,25-26,28H,16H2,(H,37,40)(H,38,43)/t25-,26?,28?/m1/s1. The van der Waals surface area contributed by atoms with Crippen molar-refractivity contribution in [3.05, 3.63) is 117 Å². The number of carbonyl (C=O) groups excluding carboxylic acids is 3. The van der Waals surface area contributed by atoms with Gasteiger partial charge in [-0.2, -0.15) is 13.2 Å². The fraction of sp³-hybridized carbons (Fsp3) is 0.152. The monoisotopic (exact) mass is 661 g/mol. The second-order valence-corrected chi connectivity index (χ2v) is 12.8. The fourth-order valence-corrected chi connectivity index (χ4v) is 8.54. The third-order valence-electron chi connectivity index (χ3n) is 7.95. The highest BCUT2D eigenvalue weighted by molar-refractivity contribution is 8.00. The fourth-order valence-electron chi connectivity index (χ4n) is 6.03. The summed E-state index contributed by atoms with van der Waals surface area (Å²) in [7, 11) is 0. The number of thiazole rings is 1. The first-order valence-corrected chi connectivity index (χ1v) is 15.7. The van der Waals surface area contributed by atoms with Crippen LogP contribution in [0.15, 0.2) is 101 Å². The zero-order chi connectivity index (χ0) is 32.2. The van der Waals surface area contributed by atoms with Gasteiger partial charge in [-0.05, 0) is 29.7 Å². The molecule has 0 spiro atoms. The Bertz CT molecular complexity index is 2090. The molecule has 3 atom stereocenters. The van der Waals surface area contributed by atoms with Gasteiger partial charge in [0.15, 0.2) is 6.61 Å². The first-order valence-electron chi connectivity index (χ1n) is 14.0. The quantitative estimate of drug-likeness (QED) is 0.203. The molecule has 3 heterocycles. The number of ether oxygens (including phenoxy) is 1. The van der Waals surface area contributed by atoms with Gasteiger partial charge in [-0.25, -0.2) is 4.90 Å². The number of anilines is 2. The highest BCUT2D eigenvalue weighted by Gasteiger charge is 2.57. The minimum absolute atomic E-state index is 0.229. The summed E-state index contributed by atoms with van der Waals surface area (Å²) < 4.78 is 47.8. The summed E-state index contributed by atoms with van der Waals surface area (Å²) in [6.07, 6.45) is -4.81. The van der Waals surface area contributed by atoms with Gasteiger partial charge in [0.1, 0.15) is 11.0 Å². The molecule has 0 aliphatic carbocycles. The van der Waals surface area contributed by atoms with E-state index >= 15 is 0 Å². The van der Waals surface area contributed by atoms with Gasteiger partial charge < -0.3 is 15.0 Å². The van der Waals surface area contributed by atoms with Crippen LogP contribution in [0.4, 0.5) is 24.5 Å². The maximum Gasteiger partial charge on any atom is 0.418 e. The number of para-hydroxylation sites is 2. The lowest BCUT2D eigenvalue weighted by Crippen LogP contribution is -2.33. The van der Waals surface area contributed by atoms with Gasteiger partial charge in [-0.3, -0.25) is 19.2 Å². The average Bonchev–Trinajstić information content (AvgIpc) is 3.53. The Morgan fingerprint density at radius 3 is 2.43 bits per heavy atom. The van der Waals surface area contributed by atoms with Crippen LogP contribution in [-0.2, 0) is 20.6 Å². The van der Waals surface area contributed by atoms with Gasteiger partial charge in [0.25, 0.3) is 5.91 Å². The van der Waals surface area contributed by atoms with Crippen molar-refractivity contribution in [2.45, 2.75) is 22.4 Å². The number of benzene rings is 4. The van der Waals surface area contributed by atoms with Crippen LogP contribution in [0, 0.1) is 5.92 Å². The van der Waals surface area contributed by atoms with Crippen LogP contribution in [0.25, 0.3) is 10.8 Å². The number of hydrogen-bond acceptors (Lipinski definition) is 7. The SMILES string of the molecule is O=C(COc1ccccc1[C@H]1c2sc(=O)[nH]c2SC2C(=O)N(c3ccccc3C(F)(F)F)C(=O)C21)Nc1cccc2ccccc12. The Kier molecular flexibility index (Phi) is 7.44. The first-order chi connectivity index (χ1) is 22.1. The summed E-state index contributed by atoms with van der Waals surface area (Å²) in [5.74, 6) is -3.91. The second-order valence-electron chi connectivity index (χ2n) is 10.7. The molecule has 2 N–H and O–H groups in total. The van der Waals surface area contributed by atoms with E-state index in [1.165, 1.54) is 12.1 Å². The van der Waals surface area contributed by atoms with Crippen molar-refractivity contribution in [2.24, 2.45) is 5.92 Å². The summed E-state index contributed by atoms with van der Waals surface area (Å²) in [6.45, 7) is -0.399. The van der Waals surface area contributed by atoms with Crippen molar-refractivity contribution >= 4 is 63.0 Å². The predicted molar refractivity (Wildman–Crippen MR) is 168 cm³/mol. The number of aromatic amines is 1. The van der Waals surface area contributed by atoms with Crippen LogP contribution in [0.2, 0.25) is 0 Å². The van der Waals surface area contributed by atoms with E-state index in [0.29, 0.717) is 26.1 Å². The topological polar surface area (TPSA) is 109 Å². The molecule has 1 aromatic heterocycles. The molecule has 2 aliphatic rings. The van der Waals surface area contributed by atoms with E-state index in [4.69, 9.17) is 4.74 Å². The Labute approximate surface area is 267 Å². The number of nitrogens with zero attached hydrogens (tertiary/aromatic N) is 1. The van der Waals surface area contributed by atoms with Crippen molar-refractivity contribution in [3.63, 3.8) is 0 Å². The molecule has 8 nitrogen and oxygen atoms in total. The van der Waals surface area contributed by atoms with Gasteiger partial charge in [0.05, 0.1) is 22.2 Å². The normalized spacial score (nSPS) is 19.2. The molecule has 7 rings (SSSR count). The van der Waals surface area contributed by atoms with Gasteiger partial charge in [-0.1, -0.05) is 89.8 Å². The van der Waals surface area contributed by atoms with Gasteiger partial charge in [0.2, 0.25) is 11.8 Å². The van der Waals surface area contributed by atoms with Crippen LogP contribution in [0.5, 0.6) is 5.75 Å². The minimum atomic E-state index is -4.81. The third-order valence-corrected chi connectivity index (χ3v) is 10.4. The third kappa shape index (κ3) is 5.14. The molecule has 46 heavy (non-hydrogen) atoms. The number of carbonyl (C=O) groups is 3. The lowest BCUT2D eigenvalue weighted by atomic mass is 9.82. The lowest BCUT2D eigenvalue weighted by Gasteiger charge is -2.30. The number of H-pyrrole nitrogens is 1. The number of thioether (sulfide) groups is 1. The molecule has 1 fully saturated rings. The summed E-state index contributed by atoms with van der Waals surface area (Å²) >= 11 is 1.81. The largest absolute Gasteiger partial charge is 0.483 e. The molecule has 3 amide bonds. The number of hydrogen-bond donors (Lipinski definition) is 2. The van der Waals surface area contributed by atoms with Crippen LogP contribution in [0.3, 0.4) is 0 Å². The molecule has 4 aromatic carbocycles. The molecule has 5 aromatic rings. The van der Waals surface area contributed by atoms with Crippen molar-refractivity contribution < 1.29 is 32.3 Å². The van der Waals surface area contributed by atoms with E-state index in [2.05, 4.69) is 10.3 Å². The molecule has 0 saturated carbocycles. The van der Waals surface area contributed by atoms with Crippen LogP contribution >= 0.6 is 23.1 Å². The number of amides is 3. The number of rotatable bonds is 6. The average molecular weight is 662 g/mol. The zero-order valence-corrected chi connectivity index (χ0v) is 25.2. The first kappa shape index (κ1) is 29.8. The number of imide groups is 1. The van der Waals surface area contributed by atoms with E-state index in [-0.39, 0.29) is 5.75 Å². The van der Waals surface area contributed by atoms with E-state index in [1.807, 2.05) is 36.4 Å². The summed E-state index contributed by atoms with van der Waals surface area (Å²) in [5, 5.41) is 3.89. The van der Waals surface area contributed by atoms with Crippen molar-refractivity contribution in [3.8, 4) is 5.75 Å². The molecule has 0 radical (unpaired) electrons. The van der Waals surface area contributed by atoms with Crippen molar-refractivity contribution in [1.82, 2.24) is 4.98 Å². The number of fused-ring (bicyclic) bond motifs is 3. The molecule has 2 aliphatic heterocycles. The summed E-state index contributed by atoms with van der Waals surface area (Å²) in [4.78, 5) is 56.7. The second kappa shape index (κ2) is 11.5. The molecule has 1 saturated heterocycles. The molecular formula is C33H22F3N3O5S2. The van der Waals surface area contributed by atoms with Crippen LogP contribution < -0.4 is 19.8 Å². The Balaban J connectivity index is 1.23. The van der Waals surface area contributed by atoms with Crippen molar-refractivity contribution in [1.29, 1.82) is 0 Å². The Morgan fingerprint density at radius 1 is 0.891 bits per heavy atom. The maximum atomic E-state index is 14.1. The minimum Gasteiger partial charge on any atom is -0.483 e. The van der Waals surface area contributed by atoms with E-state index in [9.17, 15) is 32.3 Å². The highest BCUT2D eigenvalue weighted by Crippen LogP contribution is 2.55. The number of nitrogens with one attached hydrogen (secondary N) is 2. The van der Waals surface area contributed by atoms with E-state index in [1.54, 1.807) is 30.3 Å². The van der Waals surface area contributed by atoms with Crippen molar-refractivity contribution in [2.75, 3.05) is 16.8 Å². The lowest BCUT2D eigenvalue weighted by molar-refractivity contribution is -0.137. The molecule has 13 heteroatoms. The molecule has 0 bridgehead atoms. The van der Waals surface area contributed by atoms with E-state index in [0.717, 1.165) is 46.0 Å². The van der Waals surface area contributed by atoms with Crippen LogP contribution in [0.1, 0.15) is 21.9 Å². The molecule has 232 valence electrons. The number of halogens is 3. The van der Waals surface area contributed by atoms with Gasteiger partial charge >= 0.3 is 11.0 Å².